The van der Waals surface area contributed by atoms with Gasteiger partial charge in [0.2, 0.25) is 0 Å². The minimum absolute atomic E-state index is 0.225. The summed E-state index contributed by atoms with van der Waals surface area (Å²) < 4.78 is 0. The summed E-state index contributed by atoms with van der Waals surface area (Å²) in [5, 5.41) is 0. The van der Waals surface area contributed by atoms with Gasteiger partial charge in [-0.15, -0.1) is 0 Å². The third-order valence-electron chi connectivity index (χ3n) is 5.96. The summed E-state index contributed by atoms with van der Waals surface area (Å²) >= 11 is 0. The van der Waals surface area contributed by atoms with Gasteiger partial charge in [-0.3, -0.25) is 14.8 Å². The lowest BCUT2D eigenvalue weighted by Crippen LogP contribution is -2.32. The number of imidazole rings is 1. The summed E-state index contributed by atoms with van der Waals surface area (Å²) in [4.78, 5) is 36.9. The maximum Gasteiger partial charge on any atom is 0.327 e. The zero-order valence-corrected chi connectivity index (χ0v) is 15.2. The molecule has 0 amide bonds. The quantitative estimate of drug-likeness (QED) is 0.515. The minimum Gasteiger partial charge on any atom is -0.335 e. The average Bonchev–Trinajstić information content (AvgIpc) is 3.34. The Morgan fingerprint density at radius 2 is 1.61 bits per heavy atom. The highest BCUT2D eigenvalue weighted by atomic mass is 16.2. The Kier molecular flexibility index (Phi) is 3.79. The smallest absolute Gasteiger partial charge is 0.327 e. The number of fused-ring (bicyclic) bond motifs is 1. The number of benzene rings is 2. The van der Waals surface area contributed by atoms with E-state index < -0.39 is 11.2 Å². The number of nitrogens with zero attached hydrogens (tertiary/aromatic N) is 1. The third kappa shape index (κ3) is 2.45. The van der Waals surface area contributed by atoms with Crippen molar-refractivity contribution in [3.8, 4) is 0 Å². The van der Waals surface area contributed by atoms with Crippen molar-refractivity contribution >= 4 is 11.2 Å². The van der Waals surface area contributed by atoms with Crippen molar-refractivity contribution < 1.29 is 0 Å². The Morgan fingerprint density at radius 1 is 0.893 bits per heavy atom. The minimum atomic E-state index is -0.546. The first-order chi connectivity index (χ1) is 13.7. The molecule has 1 aliphatic carbocycles. The SMILES string of the molecule is O=c1[nH]c(=O)c2[nH]c(C3(c4ccccc4)CCCC3c3ccccc3)nc2[nH]1. The first kappa shape index (κ1) is 16.7. The normalized spacial score (nSPS) is 21.9. The van der Waals surface area contributed by atoms with Crippen molar-refractivity contribution in [1.82, 2.24) is 19.9 Å². The number of rotatable bonds is 3. The molecule has 2 unspecified atom stereocenters. The second kappa shape index (κ2) is 6.34. The van der Waals surface area contributed by atoms with E-state index in [1.54, 1.807) is 0 Å². The lowest BCUT2D eigenvalue weighted by atomic mass is 9.69. The first-order valence-corrected chi connectivity index (χ1v) is 9.52. The molecule has 3 N–H and O–H groups in total. The summed E-state index contributed by atoms with van der Waals surface area (Å²) in [6.07, 6.45) is 3.00. The van der Waals surface area contributed by atoms with Crippen LogP contribution in [0.5, 0.6) is 0 Å². The maximum atomic E-state index is 12.3. The van der Waals surface area contributed by atoms with E-state index in [2.05, 4.69) is 51.4 Å². The van der Waals surface area contributed by atoms with Gasteiger partial charge in [-0.25, -0.2) is 9.78 Å². The van der Waals surface area contributed by atoms with Gasteiger partial charge in [0.1, 0.15) is 11.3 Å². The molecule has 1 fully saturated rings. The lowest BCUT2D eigenvalue weighted by Gasteiger charge is -2.35. The van der Waals surface area contributed by atoms with Crippen molar-refractivity contribution in [2.75, 3.05) is 0 Å². The van der Waals surface area contributed by atoms with E-state index in [4.69, 9.17) is 4.98 Å². The van der Waals surface area contributed by atoms with Crippen molar-refractivity contribution in [3.05, 3.63) is 98.5 Å². The Bertz CT molecular complexity index is 1240. The molecule has 0 spiro atoms. The van der Waals surface area contributed by atoms with Crippen LogP contribution in [0.15, 0.2) is 70.3 Å². The molecule has 0 aliphatic heterocycles. The van der Waals surface area contributed by atoms with Crippen LogP contribution in [0, 0.1) is 0 Å². The van der Waals surface area contributed by atoms with Crippen molar-refractivity contribution in [2.24, 2.45) is 0 Å². The van der Waals surface area contributed by atoms with Crippen molar-refractivity contribution in [3.63, 3.8) is 0 Å². The van der Waals surface area contributed by atoms with Gasteiger partial charge < -0.3 is 4.98 Å². The molecule has 1 saturated carbocycles. The fourth-order valence-electron chi connectivity index (χ4n) is 4.79. The number of aromatic amines is 3. The second-order valence-corrected chi connectivity index (χ2v) is 7.41. The molecule has 2 heterocycles. The van der Waals surface area contributed by atoms with Gasteiger partial charge in [0.15, 0.2) is 5.65 Å². The zero-order valence-electron chi connectivity index (χ0n) is 15.2. The number of aromatic nitrogens is 4. The molecule has 4 aromatic rings. The standard InChI is InChI=1S/C22H20N4O2/c27-19-17-18(25-21(28)26-19)24-20(23-17)22(15-10-5-2-6-11-15)13-7-12-16(22)14-8-3-1-4-9-14/h1-6,8-11,16H,7,12-13H2,(H3,23,24,25,26,27,28). The van der Waals surface area contributed by atoms with Gasteiger partial charge in [-0.1, -0.05) is 67.1 Å². The highest BCUT2D eigenvalue weighted by Gasteiger charge is 2.48. The van der Waals surface area contributed by atoms with E-state index in [0.29, 0.717) is 11.2 Å². The molecule has 140 valence electrons. The topological polar surface area (TPSA) is 94.4 Å². The van der Waals surface area contributed by atoms with Crippen LogP contribution in [0.2, 0.25) is 0 Å². The van der Waals surface area contributed by atoms with Crippen LogP contribution >= 0.6 is 0 Å². The highest BCUT2D eigenvalue weighted by molar-refractivity contribution is 5.69. The van der Waals surface area contributed by atoms with Crippen LogP contribution < -0.4 is 11.2 Å². The van der Waals surface area contributed by atoms with E-state index in [1.165, 1.54) is 11.1 Å². The van der Waals surface area contributed by atoms with E-state index in [1.807, 2.05) is 24.3 Å². The Morgan fingerprint density at radius 3 is 2.36 bits per heavy atom. The molecule has 0 radical (unpaired) electrons. The molecule has 0 saturated heterocycles. The molecule has 0 bridgehead atoms. The van der Waals surface area contributed by atoms with E-state index >= 15 is 0 Å². The number of nitrogens with one attached hydrogen (secondary N) is 3. The maximum absolute atomic E-state index is 12.3. The molecular weight excluding hydrogens is 352 g/mol. The Hall–Kier alpha value is -3.41. The number of H-pyrrole nitrogens is 3. The number of hydrogen-bond acceptors (Lipinski definition) is 3. The molecule has 2 aromatic heterocycles. The van der Waals surface area contributed by atoms with Gasteiger partial charge in [0.25, 0.3) is 5.56 Å². The molecule has 28 heavy (non-hydrogen) atoms. The monoisotopic (exact) mass is 372 g/mol. The third-order valence-corrected chi connectivity index (χ3v) is 5.96. The molecule has 1 aliphatic rings. The van der Waals surface area contributed by atoms with Crippen LogP contribution in [0.4, 0.5) is 0 Å². The van der Waals surface area contributed by atoms with Crippen LogP contribution in [0.3, 0.4) is 0 Å². The molecule has 5 rings (SSSR count). The van der Waals surface area contributed by atoms with Crippen LogP contribution in [-0.4, -0.2) is 19.9 Å². The summed E-state index contributed by atoms with van der Waals surface area (Å²) in [6, 6.07) is 20.8. The largest absolute Gasteiger partial charge is 0.335 e. The van der Waals surface area contributed by atoms with Gasteiger partial charge in [-0.05, 0) is 24.0 Å². The summed E-state index contributed by atoms with van der Waals surface area (Å²) in [5.41, 5.74) is 1.66. The highest BCUT2D eigenvalue weighted by Crippen LogP contribution is 2.54. The van der Waals surface area contributed by atoms with Gasteiger partial charge in [-0.2, -0.15) is 0 Å². The van der Waals surface area contributed by atoms with E-state index in [0.717, 1.165) is 25.1 Å². The van der Waals surface area contributed by atoms with Gasteiger partial charge >= 0.3 is 5.69 Å². The molecular formula is C22H20N4O2. The Labute approximate surface area is 160 Å². The summed E-state index contributed by atoms with van der Waals surface area (Å²) in [5.74, 6) is 0.954. The molecule has 2 atom stereocenters. The average molecular weight is 372 g/mol. The fourth-order valence-corrected chi connectivity index (χ4v) is 4.79. The first-order valence-electron chi connectivity index (χ1n) is 9.52. The predicted octanol–water partition coefficient (Wildman–Crippen LogP) is 3.19. The fraction of sp³-hybridized carbons (Fsp3) is 0.227. The summed E-state index contributed by atoms with van der Waals surface area (Å²) in [7, 11) is 0. The van der Waals surface area contributed by atoms with Crippen molar-refractivity contribution in [1.29, 1.82) is 0 Å². The summed E-state index contributed by atoms with van der Waals surface area (Å²) in [6.45, 7) is 0. The van der Waals surface area contributed by atoms with Crippen LogP contribution in [0.1, 0.15) is 42.1 Å². The van der Waals surface area contributed by atoms with Gasteiger partial charge in [0, 0.05) is 5.92 Å². The van der Waals surface area contributed by atoms with E-state index in [-0.39, 0.29) is 11.3 Å². The Balaban J connectivity index is 1.80. The molecule has 6 heteroatoms. The molecule has 6 nitrogen and oxygen atoms in total. The van der Waals surface area contributed by atoms with Gasteiger partial charge in [0.05, 0.1) is 5.41 Å². The van der Waals surface area contributed by atoms with Crippen LogP contribution in [-0.2, 0) is 5.41 Å². The lowest BCUT2D eigenvalue weighted by molar-refractivity contribution is 0.447. The van der Waals surface area contributed by atoms with Crippen molar-refractivity contribution in [2.45, 2.75) is 30.6 Å². The van der Waals surface area contributed by atoms with E-state index in [9.17, 15) is 9.59 Å². The number of hydrogen-bond donors (Lipinski definition) is 3. The second-order valence-electron chi connectivity index (χ2n) is 7.41. The predicted molar refractivity (Wildman–Crippen MR) is 108 cm³/mol. The molecule has 2 aromatic carbocycles. The van der Waals surface area contributed by atoms with Crippen LogP contribution in [0.25, 0.3) is 11.2 Å². The zero-order chi connectivity index (χ0) is 19.1.